The monoisotopic (exact) mass is 216 g/mol. The van der Waals surface area contributed by atoms with Crippen molar-refractivity contribution < 1.29 is 0 Å². The average Bonchev–Trinajstić information content (AvgIpc) is 2.62. The quantitative estimate of drug-likeness (QED) is 0.693. The molecule has 0 amide bonds. The Labute approximate surface area is 97.4 Å². The topological polar surface area (TPSA) is 24.1 Å². The van der Waals surface area contributed by atoms with E-state index in [1.54, 1.807) is 0 Å². The first-order valence-electron chi connectivity index (χ1n) is 6.40. The minimum absolute atomic E-state index is 0.382. The molecule has 1 aromatic rings. The molecule has 16 heavy (non-hydrogen) atoms. The van der Waals surface area contributed by atoms with Crippen LogP contribution in [0, 0.1) is 6.92 Å². The van der Waals surface area contributed by atoms with E-state index in [9.17, 15) is 0 Å². The first kappa shape index (κ1) is 10.0. The summed E-state index contributed by atoms with van der Waals surface area (Å²) in [5.41, 5.74) is 4.29. The number of hydrogen-bond acceptors (Lipinski definition) is 2. The highest BCUT2D eigenvalue weighted by molar-refractivity contribution is 5.71. The van der Waals surface area contributed by atoms with Crippen LogP contribution in [0.3, 0.4) is 0 Å². The predicted molar refractivity (Wildman–Crippen MR) is 69.1 cm³/mol. The molecule has 1 aliphatic carbocycles. The average molecular weight is 216 g/mol. The Morgan fingerprint density at radius 1 is 1.06 bits per heavy atom. The lowest BCUT2D eigenvalue weighted by Gasteiger charge is -2.29. The molecule has 1 fully saturated rings. The number of benzene rings is 1. The lowest BCUT2D eigenvalue weighted by molar-refractivity contribution is 0.461. The fourth-order valence-electron chi connectivity index (χ4n) is 3.12. The number of aryl methyl sites for hydroxylation is 1. The Balaban J connectivity index is 1.94. The van der Waals surface area contributed by atoms with Gasteiger partial charge in [0.05, 0.1) is 11.4 Å². The lowest BCUT2D eigenvalue weighted by Crippen LogP contribution is -2.35. The summed E-state index contributed by atoms with van der Waals surface area (Å²) < 4.78 is 0. The maximum Gasteiger partial charge on any atom is 0.0580 e. The summed E-state index contributed by atoms with van der Waals surface area (Å²) in [6.07, 6.45) is 6.69. The third-order valence-electron chi connectivity index (χ3n) is 4.05. The molecule has 1 spiro atoms. The van der Waals surface area contributed by atoms with E-state index < -0.39 is 0 Å². The van der Waals surface area contributed by atoms with Crippen LogP contribution in [-0.2, 0) is 0 Å². The van der Waals surface area contributed by atoms with E-state index in [-0.39, 0.29) is 0 Å². The molecule has 3 rings (SSSR count). The highest BCUT2D eigenvalue weighted by Crippen LogP contribution is 2.39. The van der Waals surface area contributed by atoms with Crippen LogP contribution in [0.5, 0.6) is 0 Å². The summed E-state index contributed by atoms with van der Waals surface area (Å²) >= 11 is 0. The van der Waals surface area contributed by atoms with Gasteiger partial charge in [-0.3, -0.25) is 0 Å². The second-order valence-corrected chi connectivity index (χ2v) is 5.34. The van der Waals surface area contributed by atoms with Gasteiger partial charge < -0.3 is 10.6 Å². The summed E-state index contributed by atoms with van der Waals surface area (Å²) in [6, 6.07) is 6.67. The molecule has 0 bridgehead atoms. The largest absolute Gasteiger partial charge is 0.383 e. The standard InChI is InChI=1S/C14H20N2/c1-11-4-5-12-13(10-11)15-9-8-14(16-12)6-2-3-7-14/h4-5,10,15-16H,2-3,6-9H2,1H3. The molecule has 2 aliphatic rings. The van der Waals surface area contributed by atoms with Crippen molar-refractivity contribution in [1.29, 1.82) is 0 Å². The SMILES string of the molecule is Cc1ccc2c(c1)NCCC1(CCCC1)N2. The molecule has 1 saturated carbocycles. The smallest absolute Gasteiger partial charge is 0.0580 e. The van der Waals surface area contributed by atoms with Crippen molar-refractivity contribution in [3.63, 3.8) is 0 Å². The molecule has 2 nitrogen and oxygen atoms in total. The fourth-order valence-corrected chi connectivity index (χ4v) is 3.12. The van der Waals surface area contributed by atoms with Gasteiger partial charge in [-0.15, -0.1) is 0 Å². The molecule has 0 saturated heterocycles. The molecule has 1 aliphatic heterocycles. The Kier molecular flexibility index (Phi) is 2.31. The zero-order chi connectivity index (χ0) is 11.0. The first-order chi connectivity index (χ1) is 7.77. The summed E-state index contributed by atoms with van der Waals surface area (Å²) in [5.74, 6) is 0. The van der Waals surface area contributed by atoms with Crippen LogP contribution in [-0.4, -0.2) is 12.1 Å². The van der Waals surface area contributed by atoms with Crippen molar-refractivity contribution in [3.05, 3.63) is 23.8 Å². The van der Waals surface area contributed by atoms with Crippen LogP contribution in [0.25, 0.3) is 0 Å². The molecule has 2 N–H and O–H groups in total. The van der Waals surface area contributed by atoms with E-state index >= 15 is 0 Å². The molecule has 1 heterocycles. The lowest BCUT2D eigenvalue weighted by atomic mass is 9.93. The van der Waals surface area contributed by atoms with Gasteiger partial charge in [-0.25, -0.2) is 0 Å². The second kappa shape index (κ2) is 3.69. The fraction of sp³-hybridized carbons (Fsp3) is 0.571. The van der Waals surface area contributed by atoms with E-state index in [2.05, 4.69) is 35.8 Å². The van der Waals surface area contributed by atoms with E-state index in [0.717, 1.165) is 6.54 Å². The van der Waals surface area contributed by atoms with Crippen LogP contribution in [0.1, 0.15) is 37.7 Å². The van der Waals surface area contributed by atoms with Crippen LogP contribution in [0.2, 0.25) is 0 Å². The summed E-state index contributed by atoms with van der Waals surface area (Å²) in [4.78, 5) is 0. The molecular formula is C14H20N2. The van der Waals surface area contributed by atoms with Crippen molar-refractivity contribution in [1.82, 2.24) is 0 Å². The minimum Gasteiger partial charge on any atom is -0.383 e. The van der Waals surface area contributed by atoms with Gasteiger partial charge in [0.15, 0.2) is 0 Å². The van der Waals surface area contributed by atoms with Gasteiger partial charge in [-0.05, 0) is 43.9 Å². The molecule has 0 unspecified atom stereocenters. The predicted octanol–water partition coefficient (Wildman–Crippen LogP) is 3.54. The summed E-state index contributed by atoms with van der Waals surface area (Å²) in [7, 11) is 0. The van der Waals surface area contributed by atoms with Crippen LogP contribution < -0.4 is 10.6 Å². The number of nitrogens with one attached hydrogen (secondary N) is 2. The van der Waals surface area contributed by atoms with Crippen LogP contribution >= 0.6 is 0 Å². The van der Waals surface area contributed by atoms with Gasteiger partial charge >= 0.3 is 0 Å². The Morgan fingerprint density at radius 3 is 2.69 bits per heavy atom. The highest BCUT2D eigenvalue weighted by atomic mass is 15.1. The second-order valence-electron chi connectivity index (χ2n) is 5.34. The molecule has 0 aromatic heterocycles. The van der Waals surface area contributed by atoms with Gasteiger partial charge in [0.2, 0.25) is 0 Å². The van der Waals surface area contributed by atoms with Crippen LogP contribution in [0.4, 0.5) is 11.4 Å². The first-order valence-corrected chi connectivity index (χ1v) is 6.40. The Morgan fingerprint density at radius 2 is 1.88 bits per heavy atom. The van der Waals surface area contributed by atoms with Gasteiger partial charge in [-0.2, -0.15) is 0 Å². The van der Waals surface area contributed by atoms with Crippen molar-refractivity contribution >= 4 is 11.4 Å². The van der Waals surface area contributed by atoms with E-state index in [0.29, 0.717) is 5.54 Å². The molecule has 0 radical (unpaired) electrons. The number of hydrogen-bond donors (Lipinski definition) is 2. The third kappa shape index (κ3) is 1.66. The molecule has 2 heteroatoms. The Hall–Kier alpha value is -1.18. The van der Waals surface area contributed by atoms with Gasteiger partial charge in [0, 0.05) is 12.1 Å². The normalized spacial score (nSPS) is 22.1. The summed E-state index contributed by atoms with van der Waals surface area (Å²) in [5, 5.41) is 7.35. The molecule has 1 aromatic carbocycles. The highest BCUT2D eigenvalue weighted by Gasteiger charge is 2.34. The number of anilines is 2. The molecule has 0 atom stereocenters. The minimum atomic E-state index is 0.382. The number of rotatable bonds is 0. The molecule has 86 valence electrons. The van der Waals surface area contributed by atoms with Gasteiger partial charge in [-0.1, -0.05) is 18.9 Å². The van der Waals surface area contributed by atoms with E-state index in [4.69, 9.17) is 0 Å². The Bertz CT molecular complexity index is 392. The maximum absolute atomic E-state index is 3.80. The van der Waals surface area contributed by atoms with Crippen molar-refractivity contribution in [2.45, 2.75) is 44.6 Å². The van der Waals surface area contributed by atoms with Gasteiger partial charge in [0.25, 0.3) is 0 Å². The van der Waals surface area contributed by atoms with Crippen molar-refractivity contribution in [2.24, 2.45) is 0 Å². The zero-order valence-electron chi connectivity index (χ0n) is 9.97. The van der Waals surface area contributed by atoms with E-state index in [1.165, 1.54) is 49.0 Å². The zero-order valence-corrected chi connectivity index (χ0v) is 9.97. The van der Waals surface area contributed by atoms with Crippen molar-refractivity contribution in [2.75, 3.05) is 17.2 Å². The van der Waals surface area contributed by atoms with Gasteiger partial charge in [0.1, 0.15) is 0 Å². The maximum atomic E-state index is 3.80. The summed E-state index contributed by atoms with van der Waals surface area (Å²) in [6.45, 7) is 3.25. The van der Waals surface area contributed by atoms with Crippen LogP contribution in [0.15, 0.2) is 18.2 Å². The third-order valence-corrected chi connectivity index (χ3v) is 4.05. The van der Waals surface area contributed by atoms with E-state index in [1.807, 2.05) is 0 Å². The molecular weight excluding hydrogens is 196 g/mol. The van der Waals surface area contributed by atoms with Crippen molar-refractivity contribution in [3.8, 4) is 0 Å². The number of fused-ring (bicyclic) bond motifs is 1.